The third kappa shape index (κ3) is 3.18. The third-order valence-electron chi connectivity index (χ3n) is 1.86. The van der Waals surface area contributed by atoms with E-state index >= 15 is 0 Å². The van der Waals surface area contributed by atoms with Gasteiger partial charge in [0.05, 0.1) is 6.61 Å². The van der Waals surface area contributed by atoms with Gasteiger partial charge in [0.1, 0.15) is 0 Å². The van der Waals surface area contributed by atoms with Crippen LogP contribution in [-0.4, -0.2) is 19.8 Å². The molecule has 2 atom stereocenters. The van der Waals surface area contributed by atoms with E-state index in [1.54, 1.807) is 7.11 Å². The maximum absolute atomic E-state index is 5.87. The monoisotopic (exact) mass is 145 g/mol. The number of ether oxygens (including phenoxy) is 1. The van der Waals surface area contributed by atoms with Crippen molar-refractivity contribution in [1.82, 2.24) is 0 Å². The van der Waals surface area contributed by atoms with Crippen LogP contribution in [0.4, 0.5) is 0 Å². The minimum absolute atomic E-state index is 0.264. The van der Waals surface area contributed by atoms with Gasteiger partial charge in [-0.15, -0.1) is 0 Å². The molecule has 0 bridgehead atoms. The van der Waals surface area contributed by atoms with Crippen LogP contribution in [0.5, 0.6) is 0 Å². The van der Waals surface area contributed by atoms with Crippen molar-refractivity contribution >= 4 is 0 Å². The Bertz CT molecular complexity index is 83.3. The fraction of sp³-hybridized carbons (Fsp3) is 1.00. The first-order chi connectivity index (χ1) is 4.59. The molecule has 0 spiro atoms. The highest BCUT2D eigenvalue weighted by atomic mass is 16.5. The second-order valence-corrected chi connectivity index (χ2v) is 3.25. The van der Waals surface area contributed by atoms with Crippen molar-refractivity contribution < 1.29 is 4.74 Å². The molecule has 0 rings (SSSR count). The van der Waals surface area contributed by atoms with Crippen LogP contribution in [-0.2, 0) is 4.74 Å². The fourth-order valence-corrected chi connectivity index (χ4v) is 1.03. The lowest BCUT2D eigenvalue weighted by molar-refractivity contribution is 0.137. The molecule has 2 N–H and O–H groups in total. The van der Waals surface area contributed by atoms with E-state index in [1.807, 2.05) is 0 Å². The van der Waals surface area contributed by atoms with E-state index in [9.17, 15) is 0 Å². The largest absolute Gasteiger partial charge is 0.384 e. The molecule has 0 aliphatic carbocycles. The van der Waals surface area contributed by atoms with Crippen LogP contribution in [0.3, 0.4) is 0 Å². The summed E-state index contributed by atoms with van der Waals surface area (Å²) in [4.78, 5) is 0. The summed E-state index contributed by atoms with van der Waals surface area (Å²) in [5, 5.41) is 0. The average Bonchev–Trinajstić information content (AvgIpc) is 1.87. The Kier molecular flexibility index (Phi) is 4.65. The molecule has 0 aromatic carbocycles. The molecule has 0 aliphatic rings. The topological polar surface area (TPSA) is 35.2 Å². The molecule has 2 nitrogen and oxygen atoms in total. The third-order valence-corrected chi connectivity index (χ3v) is 1.86. The van der Waals surface area contributed by atoms with Crippen LogP contribution in [0.1, 0.15) is 20.8 Å². The van der Waals surface area contributed by atoms with Crippen molar-refractivity contribution in [1.29, 1.82) is 0 Å². The highest BCUT2D eigenvalue weighted by molar-refractivity contribution is 4.71. The van der Waals surface area contributed by atoms with Crippen molar-refractivity contribution in [3.63, 3.8) is 0 Å². The molecule has 0 radical (unpaired) electrons. The molecular formula is C8H19NO. The maximum atomic E-state index is 5.87. The summed E-state index contributed by atoms with van der Waals surface area (Å²) in [6, 6.07) is 0.264. The number of rotatable bonds is 4. The molecule has 0 fully saturated rings. The van der Waals surface area contributed by atoms with Crippen LogP contribution < -0.4 is 5.73 Å². The van der Waals surface area contributed by atoms with Gasteiger partial charge in [0.2, 0.25) is 0 Å². The highest BCUT2D eigenvalue weighted by Gasteiger charge is 2.15. The van der Waals surface area contributed by atoms with E-state index in [2.05, 4.69) is 20.8 Å². The van der Waals surface area contributed by atoms with Crippen LogP contribution in [0.2, 0.25) is 0 Å². The maximum Gasteiger partial charge on any atom is 0.0502 e. The van der Waals surface area contributed by atoms with E-state index in [-0.39, 0.29) is 6.04 Å². The minimum Gasteiger partial charge on any atom is -0.384 e. The Balaban J connectivity index is 3.58. The summed E-state index contributed by atoms with van der Waals surface area (Å²) in [5.41, 5.74) is 5.87. The van der Waals surface area contributed by atoms with Crippen LogP contribution in [0, 0.1) is 11.8 Å². The second kappa shape index (κ2) is 4.69. The summed E-state index contributed by atoms with van der Waals surface area (Å²) in [7, 11) is 1.71. The lowest BCUT2D eigenvalue weighted by Gasteiger charge is -2.22. The number of methoxy groups -OCH3 is 1. The molecule has 0 saturated carbocycles. The fourth-order valence-electron chi connectivity index (χ4n) is 1.03. The molecular weight excluding hydrogens is 126 g/mol. The SMILES string of the molecule is COCC(C)C(N)C(C)C. The lowest BCUT2D eigenvalue weighted by Crippen LogP contribution is -2.35. The molecule has 0 heterocycles. The predicted molar refractivity (Wildman–Crippen MR) is 43.9 cm³/mol. The van der Waals surface area contributed by atoms with E-state index in [0.717, 1.165) is 6.61 Å². The second-order valence-electron chi connectivity index (χ2n) is 3.25. The summed E-state index contributed by atoms with van der Waals surface area (Å²) in [6.07, 6.45) is 0. The van der Waals surface area contributed by atoms with Gasteiger partial charge in [-0.25, -0.2) is 0 Å². The zero-order chi connectivity index (χ0) is 8.15. The first kappa shape index (κ1) is 9.92. The highest BCUT2D eigenvalue weighted by Crippen LogP contribution is 2.09. The van der Waals surface area contributed by atoms with E-state index in [1.165, 1.54) is 0 Å². The predicted octanol–water partition coefficient (Wildman–Crippen LogP) is 1.25. The van der Waals surface area contributed by atoms with Gasteiger partial charge in [-0.05, 0) is 11.8 Å². The molecule has 0 aliphatic heterocycles. The Labute approximate surface area is 63.7 Å². The van der Waals surface area contributed by atoms with Gasteiger partial charge in [0, 0.05) is 13.2 Å². The molecule has 10 heavy (non-hydrogen) atoms. The van der Waals surface area contributed by atoms with Gasteiger partial charge in [0.15, 0.2) is 0 Å². The summed E-state index contributed by atoms with van der Waals surface area (Å²) in [6.45, 7) is 7.15. The number of hydrogen-bond acceptors (Lipinski definition) is 2. The Morgan fingerprint density at radius 3 is 2.10 bits per heavy atom. The van der Waals surface area contributed by atoms with Crippen molar-refractivity contribution in [2.24, 2.45) is 17.6 Å². The quantitative estimate of drug-likeness (QED) is 0.646. The molecule has 0 amide bonds. The smallest absolute Gasteiger partial charge is 0.0502 e. The van der Waals surface area contributed by atoms with Gasteiger partial charge in [-0.1, -0.05) is 20.8 Å². The molecule has 62 valence electrons. The van der Waals surface area contributed by atoms with Crippen molar-refractivity contribution in [2.75, 3.05) is 13.7 Å². The van der Waals surface area contributed by atoms with Gasteiger partial charge in [-0.3, -0.25) is 0 Å². The lowest BCUT2D eigenvalue weighted by atomic mass is 9.93. The van der Waals surface area contributed by atoms with Crippen LogP contribution in [0.15, 0.2) is 0 Å². The Morgan fingerprint density at radius 1 is 1.30 bits per heavy atom. The molecule has 2 unspecified atom stereocenters. The van der Waals surface area contributed by atoms with Crippen molar-refractivity contribution in [3.8, 4) is 0 Å². The number of nitrogens with two attached hydrogens (primary N) is 1. The molecule has 2 heteroatoms. The molecule has 0 aromatic rings. The van der Waals surface area contributed by atoms with Crippen LogP contribution in [0.25, 0.3) is 0 Å². The van der Waals surface area contributed by atoms with E-state index < -0.39 is 0 Å². The standard InChI is InChI=1S/C8H19NO/c1-6(2)8(9)7(3)5-10-4/h6-8H,5,9H2,1-4H3. The normalized spacial score (nSPS) is 17.4. The number of hydrogen-bond donors (Lipinski definition) is 1. The molecule has 0 saturated heterocycles. The first-order valence-corrected chi connectivity index (χ1v) is 3.84. The van der Waals surface area contributed by atoms with Gasteiger partial charge in [-0.2, -0.15) is 0 Å². The van der Waals surface area contributed by atoms with Crippen molar-refractivity contribution in [2.45, 2.75) is 26.8 Å². The Hall–Kier alpha value is -0.0800. The minimum atomic E-state index is 0.264. The zero-order valence-electron chi connectivity index (χ0n) is 7.42. The van der Waals surface area contributed by atoms with E-state index in [4.69, 9.17) is 10.5 Å². The summed E-state index contributed by atoms with van der Waals surface area (Å²) in [5.74, 6) is 1.01. The molecule has 0 aromatic heterocycles. The first-order valence-electron chi connectivity index (χ1n) is 3.84. The van der Waals surface area contributed by atoms with E-state index in [0.29, 0.717) is 11.8 Å². The average molecular weight is 145 g/mol. The Morgan fingerprint density at radius 2 is 1.80 bits per heavy atom. The van der Waals surface area contributed by atoms with Crippen LogP contribution >= 0.6 is 0 Å². The zero-order valence-corrected chi connectivity index (χ0v) is 7.42. The summed E-state index contributed by atoms with van der Waals surface area (Å²) < 4.78 is 4.99. The summed E-state index contributed by atoms with van der Waals surface area (Å²) >= 11 is 0. The van der Waals surface area contributed by atoms with Gasteiger partial charge < -0.3 is 10.5 Å². The van der Waals surface area contributed by atoms with Crippen molar-refractivity contribution in [3.05, 3.63) is 0 Å². The van der Waals surface area contributed by atoms with Gasteiger partial charge >= 0.3 is 0 Å². The van der Waals surface area contributed by atoms with Gasteiger partial charge in [0.25, 0.3) is 0 Å².